The number of nitrogens with two attached hydrogens (primary N) is 1. The highest BCUT2D eigenvalue weighted by Crippen LogP contribution is 1.90. The normalized spacial score (nSPS) is 12.8. The van der Waals surface area contributed by atoms with E-state index in [1.807, 2.05) is 0 Å². The second kappa shape index (κ2) is 4.13. The Morgan fingerprint density at radius 3 is 2.33 bits per heavy atom. The van der Waals surface area contributed by atoms with E-state index in [1.165, 1.54) is 0 Å². The van der Waals surface area contributed by atoms with Crippen molar-refractivity contribution in [3.05, 3.63) is 11.5 Å². The molecule has 0 aliphatic rings. The molecule has 0 amide bonds. The fraction of sp³-hybridized carbons (Fsp3) is 0.500. The van der Waals surface area contributed by atoms with Crippen molar-refractivity contribution in [2.75, 3.05) is 0 Å². The third kappa shape index (κ3) is 3.77. The highest BCUT2D eigenvalue weighted by Gasteiger charge is 1.88. The quantitative estimate of drug-likeness (QED) is 0.199. The van der Waals surface area contributed by atoms with Gasteiger partial charge in [-0.2, -0.15) is 11.1 Å². The first kappa shape index (κ1) is 8.22. The number of aliphatic hydroxyl groups excluding tert-OH is 1. The highest BCUT2D eigenvalue weighted by molar-refractivity contribution is 4.97. The molecule has 54 valence electrons. The summed E-state index contributed by atoms with van der Waals surface area (Å²) in [7, 11) is 0. The zero-order valence-electron chi connectivity index (χ0n) is 5.52. The van der Waals surface area contributed by atoms with E-state index in [-0.39, 0.29) is 5.76 Å². The molecule has 0 aromatic heterocycles. The van der Waals surface area contributed by atoms with Crippen LogP contribution in [0.15, 0.2) is 11.5 Å². The maximum atomic E-state index is 8.76. The van der Waals surface area contributed by atoms with E-state index in [1.54, 1.807) is 13.8 Å². The zero-order valence-corrected chi connectivity index (χ0v) is 5.52. The zero-order chi connectivity index (χ0) is 7.28. The number of hydrogen-bond donors (Lipinski definition) is 5. The Bertz CT molecular complexity index is 107. The van der Waals surface area contributed by atoms with Gasteiger partial charge in [0.25, 0.3) is 0 Å². The van der Waals surface area contributed by atoms with E-state index in [0.717, 1.165) is 0 Å². The molecule has 0 saturated carbocycles. The SMILES string of the molecule is C/C(O)=C(\C)NNNN. The van der Waals surface area contributed by atoms with Crippen LogP contribution in [0.2, 0.25) is 0 Å². The summed E-state index contributed by atoms with van der Waals surface area (Å²) in [5.74, 6) is 5.07. The Morgan fingerprint density at radius 2 is 2.00 bits per heavy atom. The summed E-state index contributed by atoms with van der Waals surface area (Å²) < 4.78 is 0. The first-order chi connectivity index (χ1) is 4.18. The van der Waals surface area contributed by atoms with Crippen molar-refractivity contribution in [3.8, 4) is 0 Å². The van der Waals surface area contributed by atoms with E-state index in [2.05, 4.69) is 16.5 Å². The van der Waals surface area contributed by atoms with Crippen LogP contribution in [0.1, 0.15) is 13.8 Å². The number of nitrogens with one attached hydrogen (secondary N) is 3. The van der Waals surface area contributed by atoms with Crippen LogP contribution in [0.4, 0.5) is 0 Å². The lowest BCUT2D eigenvalue weighted by atomic mass is 10.4. The minimum atomic E-state index is 0.220. The molecule has 6 N–H and O–H groups in total. The van der Waals surface area contributed by atoms with Gasteiger partial charge in [-0.05, 0) is 13.8 Å². The molecule has 0 saturated heterocycles. The van der Waals surface area contributed by atoms with Crippen LogP contribution >= 0.6 is 0 Å². The Kier molecular flexibility index (Phi) is 3.78. The molecule has 5 nitrogen and oxygen atoms in total. The van der Waals surface area contributed by atoms with Gasteiger partial charge in [0.1, 0.15) is 5.76 Å². The minimum Gasteiger partial charge on any atom is -0.511 e. The lowest BCUT2D eigenvalue weighted by Gasteiger charge is -2.06. The number of hydrogen-bond acceptors (Lipinski definition) is 5. The number of hydrazine groups is 3. The Morgan fingerprint density at radius 1 is 1.44 bits per heavy atom. The molecule has 0 unspecified atom stereocenters. The van der Waals surface area contributed by atoms with Crippen LogP contribution in [-0.2, 0) is 0 Å². The first-order valence-electron chi connectivity index (χ1n) is 2.51. The smallest absolute Gasteiger partial charge is 0.109 e. The molecule has 0 radical (unpaired) electrons. The number of rotatable bonds is 3. The molecule has 0 aromatic carbocycles. The molecule has 0 aliphatic heterocycles. The van der Waals surface area contributed by atoms with Crippen LogP contribution in [0.25, 0.3) is 0 Å². The van der Waals surface area contributed by atoms with Crippen molar-refractivity contribution in [2.45, 2.75) is 13.8 Å². The molecule has 0 spiro atoms. The lowest BCUT2D eigenvalue weighted by molar-refractivity contribution is 0.387. The Hall–Kier alpha value is -0.780. The third-order valence-electron chi connectivity index (χ3n) is 0.865. The predicted octanol–water partition coefficient (Wildman–Crippen LogP) is -0.732. The van der Waals surface area contributed by atoms with Crippen molar-refractivity contribution < 1.29 is 5.11 Å². The van der Waals surface area contributed by atoms with Crippen molar-refractivity contribution in [3.63, 3.8) is 0 Å². The van der Waals surface area contributed by atoms with E-state index < -0.39 is 0 Å². The van der Waals surface area contributed by atoms with Crippen LogP contribution in [0.3, 0.4) is 0 Å². The van der Waals surface area contributed by atoms with Crippen molar-refractivity contribution in [1.82, 2.24) is 16.5 Å². The summed E-state index contributed by atoms with van der Waals surface area (Å²) in [5.41, 5.74) is 7.73. The van der Waals surface area contributed by atoms with Crippen LogP contribution in [-0.4, -0.2) is 5.11 Å². The summed E-state index contributed by atoms with van der Waals surface area (Å²) in [6, 6.07) is 0. The van der Waals surface area contributed by atoms with Crippen LogP contribution < -0.4 is 22.3 Å². The van der Waals surface area contributed by atoms with Gasteiger partial charge < -0.3 is 10.5 Å². The standard InChI is InChI=1S/C4H12N4O/c1-3(4(2)9)6-8-7-5/h6-9H,5H2,1-2H3/b4-3-. The van der Waals surface area contributed by atoms with E-state index >= 15 is 0 Å². The van der Waals surface area contributed by atoms with Gasteiger partial charge in [-0.15, -0.1) is 0 Å². The molecule has 0 bridgehead atoms. The van der Waals surface area contributed by atoms with Crippen LogP contribution in [0.5, 0.6) is 0 Å². The molecule has 5 heteroatoms. The first-order valence-corrected chi connectivity index (χ1v) is 2.51. The largest absolute Gasteiger partial charge is 0.511 e. The summed E-state index contributed by atoms with van der Waals surface area (Å²) in [5, 5.41) is 8.76. The van der Waals surface area contributed by atoms with Gasteiger partial charge in [-0.25, -0.2) is 0 Å². The topological polar surface area (TPSA) is 82.3 Å². The number of aliphatic hydroxyl groups is 1. The van der Waals surface area contributed by atoms with E-state index in [4.69, 9.17) is 10.9 Å². The molecular formula is C4H12N4O. The summed E-state index contributed by atoms with van der Waals surface area (Å²) in [6.45, 7) is 3.28. The van der Waals surface area contributed by atoms with Crippen molar-refractivity contribution >= 4 is 0 Å². The summed E-state index contributed by atoms with van der Waals surface area (Å²) in [6.07, 6.45) is 0. The second-order valence-electron chi connectivity index (χ2n) is 1.60. The van der Waals surface area contributed by atoms with Crippen molar-refractivity contribution in [2.24, 2.45) is 5.84 Å². The van der Waals surface area contributed by atoms with Crippen molar-refractivity contribution in [1.29, 1.82) is 0 Å². The van der Waals surface area contributed by atoms with Gasteiger partial charge >= 0.3 is 0 Å². The van der Waals surface area contributed by atoms with E-state index in [9.17, 15) is 0 Å². The molecule has 0 aromatic rings. The summed E-state index contributed by atoms with van der Waals surface area (Å²) in [4.78, 5) is 0. The van der Waals surface area contributed by atoms with Gasteiger partial charge in [-0.3, -0.25) is 5.84 Å². The van der Waals surface area contributed by atoms with E-state index in [0.29, 0.717) is 5.70 Å². The van der Waals surface area contributed by atoms with Gasteiger partial charge in [0, 0.05) is 0 Å². The van der Waals surface area contributed by atoms with Crippen LogP contribution in [0, 0.1) is 0 Å². The van der Waals surface area contributed by atoms with Gasteiger partial charge in [0.15, 0.2) is 0 Å². The van der Waals surface area contributed by atoms with Gasteiger partial charge in [0.05, 0.1) is 5.70 Å². The fourth-order valence-electron chi connectivity index (χ4n) is 0.220. The second-order valence-corrected chi connectivity index (χ2v) is 1.60. The maximum absolute atomic E-state index is 8.76. The molecule has 0 atom stereocenters. The van der Waals surface area contributed by atoms with Gasteiger partial charge in [0.2, 0.25) is 0 Å². The lowest BCUT2D eigenvalue weighted by Crippen LogP contribution is -2.46. The fourth-order valence-corrected chi connectivity index (χ4v) is 0.220. The molecule has 0 fully saturated rings. The molecule has 0 aliphatic carbocycles. The average Bonchev–Trinajstić information content (AvgIpc) is 1.82. The third-order valence-corrected chi connectivity index (χ3v) is 0.865. The molecule has 0 rings (SSSR count). The molecular weight excluding hydrogens is 120 g/mol. The molecule has 9 heavy (non-hydrogen) atoms. The monoisotopic (exact) mass is 132 g/mol. The number of allylic oxidation sites excluding steroid dienone is 2. The Labute approximate surface area is 53.8 Å². The average molecular weight is 132 g/mol. The predicted molar refractivity (Wildman–Crippen MR) is 34.6 cm³/mol. The summed E-state index contributed by atoms with van der Waals surface area (Å²) >= 11 is 0. The highest BCUT2D eigenvalue weighted by atomic mass is 16.3. The van der Waals surface area contributed by atoms with Gasteiger partial charge in [-0.1, -0.05) is 0 Å². The minimum absolute atomic E-state index is 0.220. The Balaban J connectivity index is 3.50. The maximum Gasteiger partial charge on any atom is 0.109 e. The molecule has 0 heterocycles.